The second-order valence-electron chi connectivity index (χ2n) is 3.19. The van der Waals surface area contributed by atoms with Crippen LogP contribution in [0.25, 0.3) is 0 Å². The van der Waals surface area contributed by atoms with Crippen LogP contribution in [0.1, 0.15) is 13.3 Å². The number of carbonyl (C=O) groups excluding carboxylic acids is 1. The molecule has 1 unspecified atom stereocenters. The Kier molecular flexibility index (Phi) is 3.79. The number of anilines is 1. The van der Waals surface area contributed by atoms with E-state index >= 15 is 0 Å². The largest absolute Gasteiger partial charge is 0.393 e. The van der Waals surface area contributed by atoms with Gasteiger partial charge in [-0.25, -0.2) is 0 Å². The minimum atomic E-state index is -0.421. The highest BCUT2D eigenvalue weighted by molar-refractivity contribution is 7.80. The van der Waals surface area contributed by atoms with Crippen LogP contribution in [-0.2, 0) is 11.8 Å². The zero-order chi connectivity index (χ0) is 11.4. The predicted octanol–water partition coefficient (Wildman–Crippen LogP) is 0.671. The molecule has 1 rings (SSSR count). The molecule has 5 nitrogen and oxygen atoms in total. The van der Waals surface area contributed by atoms with E-state index in [-0.39, 0.29) is 10.9 Å². The molecule has 0 aliphatic heterocycles. The van der Waals surface area contributed by atoms with Gasteiger partial charge in [-0.05, 0) is 6.42 Å². The van der Waals surface area contributed by atoms with Crippen molar-refractivity contribution in [2.45, 2.75) is 13.3 Å². The van der Waals surface area contributed by atoms with E-state index in [1.807, 2.05) is 6.92 Å². The molecule has 82 valence electrons. The average molecular weight is 226 g/mol. The maximum absolute atomic E-state index is 11.7. The van der Waals surface area contributed by atoms with E-state index in [0.717, 1.165) is 0 Å². The molecule has 0 spiro atoms. The predicted molar refractivity (Wildman–Crippen MR) is 62.4 cm³/mol. The Labute approximate surface area is 93.6 Å². The molecule has 1 aromatic rings. The lowest BCUT2D eigenvalue weighted by Crippen LogP contribution is -2.33. The quantitative estimate of drug-likeness (QED) is 0.740. The molecule has 0 bridgehead atoms. The summed E-state index contributed by atoms with van der Waals surface area (Å²) in [5.74, 6) is 0.0261. The Morgan fingerprint density at radius 1 is 1.80 bits per heavy atom. The number of hydrogen-bond donors (Lipinski definition) is 2. The van der Waals surface area contributed by atoms with Crippen molar-refractivity contribution >= 4 is 28.9 Å². The van der Waals surface area contributed by atoms with Gasteiger partial charge in [0.15, 0.2) is 0 Å². The van der Waals surface area contributed by atoms with Gasteiger partial charge in [-0.3, -0.25) is 9.48 Å². The van der Waals surface area contributed by atoms with Crippen molar-refractivity contribution in [3.05, 3.63) is 12.3 Å². The molecule has 1 aromatic heterocycles. The van der Waals surface area contributed by atoms with Gasteiger partial charge in [0.1, 0.15) is 5.82 Å². The summed E-state index contributed by atoms with van der Waals surface area (Å²) in [6.45, 7) is 1.87. The lowest BCUT2D eigenvalue weighted by Gasteiger charge is -2.13. The van der Waals surface area contributed by atoms with Crippen LogP contribution < -0.4 is 11.1 Å². The molecule has 0 saturated heterocycles. The van der Waals surface area contributed by atoms with Crippen LogP contribution in [0.4, 0.5) is 5.82 Å². The smallest absolute Gasteiger partial charge is 0.235 e. The normalized spacial score (nSPS) is 12.1. The molecule has 1 atom stereocenters. The first-order chi connectivity index (χ1) is 7.06. The number of amides is 1. The van der Waals surface area contributed by atoms with Crippen LogP contribution in [-0.4, -0.2) is 20.7 Å². The zero-order valence-corrected chi connectivity index (χ0v) is 9.54. The van der Waals surface area contributed by atoms with Crippen molar-refractivity contribution in [1.29, 1.82) is 0 Å². The standard InChI is InChI=1S/C9H14N4OS/c1-3-6(8(10)15)9(14)12-7-4-5-11-13(7)2/h4-6H,3H2,1-2H3,(H2,10,15)(H,12,14). The third-order valence-corrected chi connectivity index (χ3v) is 2.42. The summed E-state index contributed by atoms with van der Waals surface area (Å²) >= 11 is 4.82. The topological polar surface area (TPSA) is 72.9 Å². The molecule has 0 aliphatic carbocycles. The summed E-state index contributed by atoms with van der Waals surface area (Å²) in [5, 5.41) is 6.65. The van der Waals surface area contributed by atoms with Gasteiger partial charge in [-0.1, -0.05) is 19.1 Å². The average Bonchev–Trinajstić information content (AvgIpc) is 2.52. The SMILES string of the molecule is CCC(C(=O)Nc1ccnn1C)C(N)=S. The van der Waals surface area contributed by atoms with Gasteiger partial charge in [0, 0.05) is 13.1 Å². The van der Waals surface area contributed by atoms with E-state index in [9.17, 15) is 4.79 Å². The number of nitrogens with two attached hydrogens (primary N) is 1. The first-order valence-electron chi connectivity index (χ1n) is 4.64. The van der Waals surface area contributed by atoms with E-state index < -0.39 is 5.92 Å². The Bertz CT molecular complexity index is 374. The van der Waals surface area contributed by atoms with Crippen molar-refractivity contribution < 1.29 is 4.79 Å². The van der Waals surface area contributed by atoms with E-state index in [0.29, 0.717) is 12.2 Å². The molecule has 0 saturated carbocycles. The number of aryl methyl sites for hydroxylation is 1. The van der Waals surface area contributed by atoms with Crippen molar-refractivity contribution in [3.8, 4) is 0 Å². The summed E-state index contributed by atoms with van der Waals surface area (Å²) in [7, 11) is 1.75. The van der Waals surface area contributed by atoms with E-state index in [1.165, 1.54) is 0 Å². The Hall–Kier alpha value is -1.43. The Morgan fingerprint density at radius 3 is 2.87 bits per heavy atom. The molecule has 1 amide bonds. The van der Waals surface area contributed by atoms with Gasteiger partial charge in [0.25, 0.3) is 0 Å². The maximum Gasteiger partial charge on any atom is 0.235 e. The second kappa shape index (κ2) is 4.88. The highest BCUT2D eigenvalue weighted by Gasteiger charge is 2.19. The van der Waals surface area contributed by atoms with Crippen LogP contribution in [0.3, 0.4) is 0 Å². The minimum absolute atomic E-state index is 0.186. The van der Waals surface area contributed by atoms with Crippen LogP contribution >= 0.6 is 12.2 Å². The third kappa shape index (κ3) is 2.76. The van der Waals surface area contributed by atoms with Gasteiger partial charge in [-0.15, -0.1) is 0 Å². The summed E-state index contributed by atoms with van der Waals surface area (Å²) in [5.41, 5.74) is 5.46. The Balaban J connectivity index is 2.70. The fourth-order valence-corrected chi connectivity index (χ4v) is 1.50. The number of aromatic nitrogens is 2. The molecular formula is C9H14N4OS. The highest BCUT2D eigenvalue weighted by Crippen LogP contribution is 2.09. The van der Waals surface area contributed by atoms with E-state index in [1.54, 1.807) is 24.0 Å². The number of nitrogens with one attached hydrogen (secondary N) is 1. The second-order valence-corrected chi connectivity index (χ2v) is 3.66. The molecule has 0 aromatic carbocycles. The third-order valence-electron chi connectivity index (χ3n) is 2.14. The minimum Gasteiger partial charge on any atom is -0.393 e. The number of thiocarbonyl (C=S) groups is 1. The molecule has 3 N–H and O–H groups in total. The van der Waals surface area contributed by atoms with Crippen molar-refractivity contribution in [3.63, 3.8) is 0 Å². The van der Waals surface area contributed by atoms with Crippen LogP contribution in [0.15, 0.2) is 12.3 Å². The number of nitrogens with zero attached hydrogens (tertiary/aromatic N) is 2. The molecule has 1 heterocycles. The summed E-state index contributed by atoms with van der Waals surface area (Å²) in [4.78, 5) is 11.9. The highest BCUT2D eigenvalue weighted by atomic mass is 32.1. The van der Waals surface area contributed by atoms with Crippen molar-refractivity contribution in [1.82, 2.24) is 9.78 Å². The molecule has 6 heteroatoms. The summed E-state index contributed by atoms with van der Waals surface area (Å²) in [6.07, 6.45) is 2.20. The van der Waals surface area contributed by atoms with Crippen molar-refractivity contribution in [2.24, 2.45) is 18.7 Å². The number of carbonyl (C=O) groups is 1. The van der Waals surface area contributed by atoms with Gasteiger partial charge in [-0.2, -0.15) is 5.10 Å². The van der Waals surface area contributed by atoms with Gasteiger partial charge in [0.2, 0.25) is 5.91 Å². The zero-order valence-electron chi connectivity index (χ0n) is 8.73. The van der Waals surface area contributed by atoms with Crippen LogP contribution in [0.5, 0.6) is 0 Å². The van der Waals surface area contributed by atoms with Gasteiger partial charge < -0.3 is 11.1 Å². The number of hydrogen-bond acceptors (Lipinski definition) is 3. The number of rotatable bonds is 4. The van der Waals surface area contributed by atoms with Crippen molar-refractivity contribution in [2.75, 3.05) is 5.32 Å². The maximum atomic E-state index is 11.7. The lowest BCUT2D eigenvalue weighted by atomic mass is 10.1. The molecule has 0 radical (unpaired) electrons. The lowest BCUT2D eigenvalue weighted by molar-refractivity contribution is -0.118. The fraction of sp³-hybridized carbons (Fsp3) is 0.444. The summed E-state index contributed by atoms with van der Waals surface area (Å²) < 4.78 is 1.57. The molecule has 0 fully saturated rings. The van der Waals surface area contributed by atoms with Gasteiger partial charge in [0.05, 0.1) is 17.1 Å². The molecular weight excluding hydrogens is 212 g/mol. The Morgan fingerprint density at radius 2 is 2.47 bits per heavy atom. The van der Waals surface area contributed by atoms with E-state index in [4.69, 9.17) is 18.0 Å². The first-order valence-corrected chi connectivity index (χ1v) is 5.05. The van der Waals surface area contributed by atoms with Gasteiger partial charge >= 0.3 is 0 Å². The molecule has 0 aliphatic rings. The fourth-order valence-electron chi connectivity index (χ4n) is 1.23. The van der Waals surface area contributed by atoms with Crippen LogP contribution in [0.2, 0.25) is 0 Å². The molecule has 15 heavy (non-hydrogen) atoms. The van der Waals surface area contributed by atoms with Crippen LogP contribution in [0, 0.1) is 5.92 Å². The first kappa shape index (κ1) is 11.6. The van der Waals surface area contributed by atoms with E-state index in [2.05, 4.69) is 10.4 Å². The summed E-state index contributed by atoms with van der Waals surface area (Å²) in [6, 6.07) is 1.71. The monoisotopic (exact) mass is 226 g/mol.